The van der Waals surface area contributed by atoms with Crippen molar-refractivity contribution < 1.29 is 17.9 Å². The normalized spacial score (nSPS) is 17.4. The second-order valence-electron chi connectivity index (χ2n) is 5.33. The fourth-order valence-corrected chi connectivity index (χ4v) is 4.73. The van der Waals surface area contributed by atoms with Crippen LogP contribution in [0.2, 0.25) is 5.02 Å². The highest BCUT2D eigenvalue weighted by atomic mass is 35.5. The maximum atomic E-state index is 12.8. The van der Waals surface area contributed by atoms with Crippen LogP contribution in [-0.2, 0) is 14.8 Å². The third-order valence-electron chi connectivity index (χ3n) is 3.88. The second-order valence-corrected chi connectivity index (χ2v) is 7.68. The van der Waals surface area contributed by atoms with Gasteiger partial charge in [0.2, 0.25) is 15.9 Å². The first-order chi connectivity index (χ1) is 10.3. The van der Waals surface area contributed by atoms with Crippen LogP contribution < -0.4 is 10.5 Å². The average Bonchev–Trinajstić information content (AvgIpc) is 2.46. The van der Waals surface area contributed by atoms with Gasteiger partial charge in [0.05, 0.1) is 7.11 Å². The summed E-state index contributed by atoms with van der Waals surface area (Å²) in [6.45, 7) is 2.25. The summed E-state index contributed by atoms with van der Waals surface area (Å²) in [6.07, 6.45) is 0.854. The Bertz CT molecular complexity index is 682. The summed E-state index contributed by atoms with van der Waals surface area (Å²) >= 11 is 5.99. The number of primary amides is 1. The largest absolute Gasteiger partial charge is 0.495 e. The molecule has 0 aromatic heterocycles. The minimum absolute atomic E-state index is 0.0533. The summed E-state index contributed by atoms with van der Waals surface area (Å²) in [5, 5.41) is 0.337. The van der Waals surface area contributed by atoms with Crippen LogP contribution in [0.4, 0.5) is 0 Å². The van der Waals surface area contributed by atoms with Crippen molar-refractivity contribution in [2.75, 3.05) is 20.2 Å². The Morgan fingerprint density at radius 3 is 2.45 bits per heavy atom. The highest BCUT2D eigenvalue weighted by molar-refractivity contribution is 7.89. The van der Waals surface area contributed by atoms with Crippen molar-refractivity contribution in [1.82, 2.24) is 4.31 Å². The lowest BCUT2D eigenvalue weighted by molar-refractivity contribution is -0.122. The number of carbonyl (C=O) groups excluding carboxylic acids is 1. The van der Waals surface area contributed by atoms with Crippen molar-refractivity contribution in [2.45, 2.75) is 24.7 Å². The lowest BCUT2D eigenvalue weighted by atomic mass is 9.98. The fourth-order valence-electron chi connectivity index (χ4n) is 2.67. The minimum Gasteiger partial charge on any atom is -0.495 e. The number of piperidine rings is 1. The number of nitrogens with zero attached hydrogens (tertiary/aromatic N) is 1. The third-order valence-corrected chi connectivity index (χ3v) is 6.01. The molecule has 1 saturated heterocycles. The molecule has 0 saturated carbocycles. The predicted molar refractivity (Wildman–Crippen MR) is 83.4 cm³/mol. The van der Waals surface area contributed by atoms with Gasteiger partial charge < -0.3 is 10.5 Å². The molecular weight excluding hydrogens is 328 g/mol. The van der Waals surface area contributed by atoms with Crippen LogP contribution in [-0.4, -0.2) is 38.8 Å². The number of benzene rings is 1. The van der Waals surface area contributed by atoms with Gasteiger partial charge in [0, 0.05) is 24.0 Å². The van der Waals surface area contributed by atoms with E-state index in [1.54, 1.807) is 13.0 Å². The zero-order chi connectivity index (χ0) is 16.5. The molecule has 0 spiro atoms. The quantitative estimate of drug-likeness (QED) is 0.895. The van der Waals surface area contributed by atoms with Gasteiger partial charge in [0.15, 0.2) is 0 Å². The summed E-state index contributed by atoms with van der Waals surface area (Å²) in [7, 11) is -2.30. The molecular formula is C14H19ClN2O4S. The molecule has 1 aromatic carbocycles. The van der Waals surface area contributed by atoms with Crippen molar-refractivity contribution in [3.8, 4) is 5.75 Å². The monoisotopic (exact) mass is 346 g/mol. The van der Waals surface area contributed by atoms with E-state index in [1.807, 2.05) is 0 Å². The van der Waals surface area contributed by atoms with E-state index in [9.17, 15) is 13.2 Å². The summed E-state index contributed by atoms with van der Waals surface area (Å²) in [4.78, 5) is 11.2. The van der Waals surface area contributed by atoms with Gasteiger partial charge in [-0.2, -0.15) is 4.31 Å². The van der Waals surface area contributed by atoms with Crippen molar-refractivity contribution in [2.24, 2.45) is 11.7 Å². The van der Waals surface area contributed by atoms with Gasteiger partial charge in [0.25, 0.3) is 0 Å². The van der Waals surface area contributed by atoms with E-state index in [1.165, 1.54) is 17.5 Å². The number of amides is 1. The van der Waals surface area contributed by atoms with Crippen LogP contribution in [0.1, 0.15) is 18.4 Å². The smallest absolute Gasteiger partial charge is 0.246 e. The number of ether oxygens (including phenoxy) is 1. The molecule has 8 heteroatoms. The van der Waals surface area contributed by atoms with Crippen LogP contribution >= 0.6 is 11.6 Å². The Kier molecular flexibility index (Phi) is 4.99. The highest BCUT2D eigenvalue weighted by Crippen LogP contribution is 2.34. The molecule has 1 aliphatic rings. The molecule has 0 atom stereocenters. The Morgan fingerprint density at radius 2 is 1.95 bits per heavy atom. The Labute approximate surface area is 135 Å². The van der Waals surface area contributed by atoms with Crippen molar-refractivity contribution in [3.05, 3.63) is 22.7 Å². The number of hydrogen-bond donors (Lipinski definition) is 1. The number of aryl methyl sites for hydroxylation is 1. The molecule has 1 fully saturated rings. The first-order valence-electron chi connectivity index (χ1n) is 6.91. The van der Waals surface area contributed by atoms with Crippen LogP contribution in [0, 0.1) is 12.8 Å². The molecule has 122 valence electrons. The third kappa shape index (κ3) is 3.21. The molecule has 0 unspecified atom stereocenters. The average molecular weight is 347 g/mol. The molecule has 0 aliphatic carbocycles. The van der Waals surface area contributed by atoms with Gasteiger partial charge in [-0.25, -0.2) is 8.42 Å². The highest BCUT2D eigenvalue weighted by Gasteiger charge is 2.33. The Morgan fingerprint density at radius 1 is 1.36 bits per heavy atom. The first kappa shape index (κ1) is 17.1. The number of carbonyl (C=O) groups is 1. The van der Waals surface area contributed by atoms with Gasteiger partial charge >= 0.3 is 0 Å². The summed E-state index contributed by atoms with van der Waals surface area (Å²) in [5.74, 6) is -0.357. The van der Waals surface area contributed by atoms with Gasteiger partial charge in [-0.05, 0) is 37.5 Å². The minimum atomic E-state index is -3.73. The van der Waals surface area contributed by atoms with Gasteiger partial charge in [0.1, 0.15) is 10.6 Å². The van der Waals surface area contributed by atoms with E-state index in [4.69, 9.17) is 22.1 Å². The second kappa shape index (κ2) is 6.44. The van der Waals surface area contributed by atoms with E-state index in [2.05, 4.69) is 0 Å². The number of methoxy groups -OCH3 is 1. The zero-order valence-corrected chi connectivity index (χ0v) is 14.1. The molecule has 1 amide bonds. The molecule has 1 heterocycles. The lowest BCUT2D eigenvalue weighted by Gasteiger charge is -2.30. The summed E-state index contributed by atoms with van der Waals surface area (Å²) < 4.78 is 32.2. The van der Waals surface area contributed by atoms with E-state index < -0.39 is 10.0 Å². The van der Waals surface area contributed by atoms with E-state index in [0.29, 0.717) is 29.2 Å². The number of nitrogens with two attached hydrogens (primary N) is 1. The zero-order valence-electron chi connectivity index (χ0n) is 12.5. The van der Waals surface area contributed by atoms with E-state index in [0.717, 1.165) is 0 Å². The Balaban J connectivity index is 2.34. The molecule has 22 heavy (non-hydrogen) atoms. The molecule has 0 radical (unpaired) electrons. The summed E-state index contributed by atoms with van der Waals surface area (Å²) in [6, 6.07) is 3.04. The van der Waals surface area contributed by atoms with Crippen LogP contribution in [0.5, 0.6) is 5.75 Å². The maximum Gasteiger partial charge on any atom is 0.246 e. The predicted octanol–water partition coefficient (Wildman–Crippen LogP) is 1.54. The van der Waals surface area contributed by atoms with Gasteiger partial charge in [-0.3, -0.25) is 4.79 Å². The maximum absolute atomic E-state index is 12.8. The molecule has 2 N–H and O–H groups in total. The van der Waals surface area contributed by atoms with Gasteiger partial charge in [-0.1, -0.05) is 11.6 Å². The number of hydrogen-bond acceptors (Lipinski definition) is 4. The van der Waals surface area contributed by atoms with Crippen molar-refractivity contribution in [1.29, 1.82) is 0 Å². The standard InChI is InChI=1S/C14H19ClN2O4S/c1-9-7-11(15)8-12(13(9)21-2)22(19,20)17-5-3-10(4-6-17)14(16)18/h7-8,10H,3-6H2,1-2H3,(H2,16,18). The lowest BCUT2D eigenvalue weighted by Crippen LogP contribution is -2.41. The van der Waals surface area contributed by atoms with E-state index in [-0.39, 0.29) is 29.8 Å². The van der Waals surface area contributed by atoms with E-state index >= 15 is 0 Å². The first-order valence-corrected chi connectivity index (χ1v) is 8.72. The SMILES string of the molecule is COc1c(C)cc(Cl)cc1S(=O)(=O)N1CCC(C(N)=O)CC1. The van der Waals surface area contributed by atoms with Gasteiger partial charge in [-0.15, -0.1) is 0 Å². The van der Waals surface area contributed by atoms with Crippen molar-refractivity contribution >= 4 is 27.5 Å². The molecule has 6 nitrogen and oxygen atoms in total. The Hall–Kier alpha value is -1.31. The topological polar surface area (TPSA) is 89.7 Å². The van der Waals surface area contributed by atoms with Crippen LogP contribution in [0.25, 0.3) is 0 Å². The van der Waals surface area contributed by atoms with Crippen LogP contribution in [0.15, 0.2) is 17.0 Å². The summed E-state index contributed by atoms with van der Waals surface area (Å²) in [5.41, 5.74) is 5.93. The van der Waals surface area contributed by atoms with Crippen LogP contribution in [0.3, 0.4) is 0 Å². The fraction of sp³-hybridized carbons (Fsp3) is 0.500. The number of rotatable bonds is 4. The molecule has 1 aromatic rings. The molecule has 0 bridgehead atoms. The number of sulfonamides is 1. The number of halogens is 1. The molecule has 2 rings (SSSR count). The molecule has 1 aliphatic heterocycles. The van der Waals surface area contributed by atoms with Crippen molar-refractivity contribution in [3.63, 3.8) is 0 Å².